The van der Waals surface area contributed by atoms with Crippen LogP contribution in [0.3, 0.4) is 0 Å². The zero-order valence-corrected chi connectivity index (χ0v) is 8.23. The average molecular weight is 190 g/mol. The second kappa shape index (κ2) is 3.78. The lowest BCUT2D eigenvalue weighted by Crippen LogP contribution is -2.33. The number of amides is 1. The van der Waals surface area contributed by atoms with Crippen LogP contribution in [0.2, 0.25) is 0 Å². The average Bonchev–Trinajstić information content (AvgIpc) is 3.02. The first-order chi connectivity index (χ1) is 6.77. The largest absolute Gasteiger partial charge is 0.349 e. The Kier molecular flexibility index (Phi) is 2.48. The summed E-state index contributed by atoms with van der Waals surface area (Å²) in [4.78, 5) is 15.5. The van der Waals surface area contributed by atoms with E-state index in [1.807, 2.05) is 0 Å². The Labute approximate surface area is 83.5 Å². The first kappa shape index (κ1) is 9.19. The summed E-state index contributed by atoms with van der Waals surface area (Å²) in [5.74, 6) is 0.674. The molecule has 0 spiro atoms. The minimum atomic E-state index is -0.0162. The number of rotatable bonds is 3. The van der Waals surface area contributed by atoms with E-state index in [-0.39, 0.29) is 5.91 Å². The molecule has 1 aromatic rings. The number of nitrogens with zero attached hydrogens (tertiary/aromatic N) is 1. The van der Waals surface area contributed by atoms with Crippen molar-refractivity contribution in [1.82, 2.24) is 10.3 Å². The third-order valence-electron chi connectivity index (χ3n) is 2.61. The van der Waals surface area contributed by atoms with Gasteiger partial charge in [-0.2, -0.15) is 0 Å². The van der Waals surface area contributed by atoms with Gasteiger partial charge >= 0.3 is 0 Å². The molecule has 1 aliphatic carbocycles. The highest BCUT2D eigenvalue weighted by Gasteiger charge is 2.28. The van der Waals surface area contributed by atoms with Crippen molar-refractivity contribution in [3.63, 3.8) is 0 Å². The molecule has 1 saturated carbocycles. The third-order valence-corrected chi connectivity index (χ3v) is 2.61. The Balaban J connectivity index is 1.95. The number of hydrogen-bond acceptors (Lipinski definition) is 2. The van der Waals surface area contributed by atoms with Crippen molar-refractivity contribution in [2.75, 3.05) is 0 Å². The van der Waals surface area contributed by atoms with E-state index >= 15 is 0 Å². The van der Waals surface area contributed by atoms with Gasteiger partial charge in [-0.25, -0.2) is 0 Å². The Morgan fingerprint density at radius 3 is 3.00 bits per heavy atom. The molecule has 14 heavy (non-hydrogen) atoms. The number of carbonyl (C=O) groups is 1. The molecule has 0 aliphatic heterocycles. The summed E-state index contributed by atoms with van der Waals surface area (Å²) in [6, 6.07) is 3.85. The summed E-state index contributed by atoms with van der Waals surface area (Å²) in [5.41, 5.74) is 0.639. The fourth-order valence-corrected chi connectivity index (χ4v) is 1.50. The van der Waals surface area contributed by atoms with Gasteiger partial charge in [0.1, 0.15) is 0 Å². The van der Waals surface area contributed by atoms with Gasteiger partial charge in [-0.15, -0.1) is 0 Å². The van der Waals surface area contributed by atoms with E-state index in [4.69, 9.17) is 0 Å². The molecular formula is C11H14N2O. The van der Waals surface area contributed by atoms with Crippen LogP contribution in [0.5, 0.6) is 0 Å². The number of nitrogens with one attached hydrogen (secondary N) is 1. The van der Waals surface area contributed by atoms with Crippen LogP contribution in [0.15, 0.2) is 24.5 Å². The maximum Gasteiger partial charge on any atom is 0.253 e. The molecule has 1 unspecified atom stereocenters. The van der Waals surface area contributed by atoms with Gasteiger partial charge in [0.25, 0.3) is 5.91 Å². The highest BCUT2D eigenvalue weighted by molar-refractivity contribution is 5.94. The first-order valence-corrected chi connectivity index (χ1v) is 4.98. The van der Waals surface area contributed by atoms with Crippen molar-refractivity contribution in [3.8, 4) is 0 Å². The predicted octanol–water partition coefficient (Wildman–Crippen LogP) is 1.61. The fraction of sp³-hybridized carbons (Fsp3) is 0.455. The van der Waals surface area contributed by atoms with E-state index in [0.29, 0.717) is 17.5 Å². The molecule has 1 heterocycles. The highest BCUT2D eigenvalue weighted by Crippen LogP contribution is 2.32. The second-order valence-electron chi connectivity index (χ2n) is 3.84. The summed E-state index contributed by atoms with van der Waals surface area (Å²) in [5, 5.41) is 2.98. The monoisotopic (exact) mass is 190 g/mol. The van der Waals surface area contributed by atoms with E-state index in [0.717, 1.165) is 0 Å². The first-order valence-electron chi connectivity index (χ1n) is 4.98. The normalized spacial score (nSPS) is 17.5. The highest BCUT2D eigenvalue weighted by atomic mass is 16.1. The molecule has 0 aromatic carbocycles. The molecule has 1 atom stereocenters. The second-order valence-corrected chi connectivity index (χ2v) is 3.84. The lowest BCUT2D eigenvalue weighted by atomic mass is 10.2. The van der Waals surface area contributed by atoms with Gasteiger partial charge in [-0.1, -0.05) is 0 Å². The molecule has 0 saturated heterocycles. The van der Waals surface area contributed by atoms with Crippen molar-refractivity contribution in [2.24, 2.45) is 5.92 Å². The summed E-state index contributed by atoms with van der Waals surface area (Å²) in [6.45, 7) is 2.06. The molecular weight excluding hydrogens is 176 g/mol. The molecule has 0 bridgehead atoms. The van der Waals surface area contributed by atoms with Crippen LogP contribution in [-0.4, -0.2) is 16.9 Å². The number of hydrogen-bond donors (Lipinski definition) is 1. The van der Waals surface area contributed by atoms with Gasteiger partial charge in [0, 0.05) is 18.4 Å². The lowest BCUT2D eigenvalue weighted by Gasteiger charge is -2.12. The van der Waals surface area contributed by atoms with Crippen molar-refractivity contribution < 1.29 is 4.79 Å². The maximum atomic E-state index is 11.6. The smallest absolute Gasteiger partial charge is 0.253 e. The zero-order chi connectivity index (χ0) is 9.97. The van der Waals surface area contributed by atoms with Crippen molar-refractivity contribution >= 4 is 5.91 Å². The number of pyridine rings is 1. The van der Waals surface area contributed by atoms with Crippen molar-refractivity contribution in [3.05, 3.63) is 30.1 Å². The van der Waals surface area contributed by atoms with Crippen LogP contribution < -0.4 is 5.32 Å². The molecule has 1 fully saturated rings. The van der Waals surface area contributed by atoms with Crippen LogP contribution in [0.4, 0.5) is 0 Å². The van der Waals surface area contributed by atoms with Gasteiger partial charge in [-0.3, -0.25) is 9.78 Å². The molecule has 1 aromatic heterocycles. The molecule has 1 amide bonds. The Morgan fingerprint density at radius 2 is 2.43 bits per heavy atom. The summed E-state index contributed by atoms with van der Waals surface area (Å²) in [7, 11) is 0. The van der Waals surface area contributed by atoms with E-state index in [9.17, 15) is 4.79 Å². The Hall–Kier alpha value is -1.38. The Morgan fingerprint density at radius 1 is 1.64 bits per heavy atom. The van der Waals surface area contributed by atoms with E-state index < -0.39 is 0 Å². The molecule has 3 nitrogen and oxygen atoms in total. The van der Waals surface area contributed by atoms with Crippen LogP contribution in [0.1, 0.15) is 30.1 Å². The topological polar surface area (TPSA) is 42.0 Å². The predicted molar refractivity (Wildman–Crippen MR) is 53.9 cm³/mol. The lowest BCUT2D eigenvalue weighted by molar-refractivity contribution is 0.0935. The minimum Gasteiger partial charge on any atom is -0.349 e. The third kappa shape index (κ3) is 2.10. The van der Waals surface area contributed by atoms with Crippen LogP contribution in [-0.2, 0) is 0 Å². The van der Waals surface area contributed by atoms with Crippen LogP contribution in [0.25, 0.3) is 0 Å². The van der Waals surface area contributed by atoms with Crippen LogP contribution in [0, 0.1) is 5.92 Å². The molecule has 1 aliphatic rings. The van der Waals surface area contributed by atoms with E-state index in [1.165, 1.54) is 12.8 Å². The standard InChI is InChI=1S/C11H14N2O/c1-8(9-4-5-9)13-11(14)10-3-2-6-12-7-10/h2-3,6-9H,4-5H2,1H3,(H,13,14). The molecule has 74 valence electrons. The fourth-order valence-electron chi connectivity index (χ4n) is 1.50. The van der Waals surface area contributed by atoms with Gasteiger partial charge in [0.2, 0.25) is 0 Å². The van der Waals surface area contributed by atoms with Gasteiger partial charge in [0.15, 0.2) is 0 Å². The summed E-state index contributed by atoms with van der Waals surface area (Å²) >= 11 is 0. The molecule has 0 radical (unpaired) electrons. The number of aromatic nitrogens is 1. The van der Waals surface area contributed by atoms with Gasteiger partial charge < -0.3 is 5.32 Å². The summed E-state index contributed by atoms with van der Waals surface area (Å²) < 4.78 is 0. The molecule has 3 heteroatoms. The SMILES string of the molecule is CC(NC(=O)c1cccnc1)C1CC1. The van der Waals surface area contributed by atoms with Gasteiger partial charge in [0.05, 0.1) is 5.56 Å². The van der Waals surface area contributed by atoms with Crippen LogP contribution >= 0.6 is 0 Å². The van der Waals surface area contributed by atoms with E-state index in [2.05, 4.69) is 17.2 Å². The zero-order valence-electron chi connectivity index (χ0n) is 8.23. The van der Waals surface area contributed by atoms with Crippen molar-refractivity contribution in [2.45, 2.75) is 25.8 Å². The molecule has 1 N–H and O–H groups in total. The minimum absolute atomic E-state index is 0.0162. The Bertz CT molecular complexity index is 319. The number of carbonyl (C=O) groups excluding carboxylic acids is 1. The summed E-state index contributed by atoms with van der Waals surface area (Å²) in [6.07, 6.45) is 5.75. The quantitative estimate of drug-likeness (QED) is 0.786. The molecule has 2 rings (SSSR count). The van der Waals surface area contributed by atoms with Crippen molar-refractivity contribution in [1.29, 1.82) is 0 Å². The van der Waals surface area contributed by atoms with E-state index in [1.54, 1.807) is 24.5 Å². The van der Waals surface area contributed by atoms with Gasteiger partial charge in [-0.05, 0) is 37.8 Å². The maximum absolute atomic E-state index is 11.6.